The van der Waals surface area contributed by atoms with Crippen LogP contribution in [0, 0.1) is 0 Å². The van der Waals surface area contributed by atoms with Gasteiger partial charge in [0.05, 0.1) is 5.41 Å². The van der Waals surface area contributed by atoms with E-state index in [0.29, 0.717) is 25.6 Å². The number of fused-ring (bicyclic) bond motifs is 1. The third-order valence-electron chi connectivity index (χ3n) is 3.44. The molecular weight excluding hydrogens is 288 g/mol. The standard InChI is InChI=1S/C16H22O4S/c1-4-21-10-9-20-15(17)16(2,3)12-5-6-13-14(11-12)19-8-7-18-13/h5-6,11H,4,7-10H2,1-3H3. The van der Waals surface area contributed by atoms with Gasteiger partial charge in [0.15, 0.2) is 11.5 Å². The van der Waals surface area contributed by atoms with Crippen molar-refractivity contribution in [1.82, 2.24) is 0 Å². The zero-order chi connectivity index (χ0) is 15.3. The van der Waals surface area contributed by atoms with Gasteiger partial charge in [-0.3, -0.25) is 4.79 Å². The average Bonchev–Trinajstić information content (AvgIpc) is 2.50. The lowest BCUT2D eigenvalue weighted by atomic mass is 9.84. The van der Waals surface area contributed by atoms with Gasteiger partial charge in [0.25, 0.3) is 0 Å². The minimum atomic E-state index is -0.702. The molecule has 116 valence electrons. The number of carbonyl (C=O) groups excluding carboxylic acids is 1. The molecule has 5 heteroatoms. The van der Waals surface area contributed by atoms with Gasteiger partial charge in [-0.25, -0.2) is 0 Å². The summed E-state index contributed by atoms with van der Waals surface area (Å²) in [4.78, 5) is 12.3. The number of hydrogen-bond acceptors (Lipinski definition) is 5. The Labute approximate surface area is 130 Å². The second-order valence-electron chi connectivity index (χ2n) is 5.32. The highest BCUT2D eigenvalue weighted by Gasteiger charge is 2.32. The Morgan fingerprint density at radius 2 is 2.00 bits per heavy atom. The van der Waals surface area contributed by atoms with E-state index in [1.54, 1.807) is 11.8 Å². The molecule has 0 saturated heterocycles. The van der Waals surface area contributed by atoms with E-state index in [4.69, 9.17) is 14.2 Å². The Morgan fingerprint density at radius 1 is 1.29 bits per heavy atom. The van der Waals surface area contributed by atoms with E-state index in [-0.39, 0.29) is 5.97 Å². The van der Waals surface area contributed by atoms with Crippen LogP contribution >= 0.6 is 11.8 Å². The van der Waals surface area contributed by atoms with Gasteiger partial charge >= 0.3 is 5.97 Å². The molecular formula is C16H22O4S. The largest absolute Gasteiger partial charge is 0.486 e. The number of benzene rings is 1. The highest BCUT2D eigenvalue weighted by Crippen LogP contribution is 2.35. The van der Waals surface area contributed by atoms with Gasteiger partial charge < -0.3 is 14.2 Å². The summed E-state index contributed by atoms with van der Waals surface area (Å²) < 4.78 is 16.4. The molecule has 1 aliphatic heterocycles. The SMILES string of the molecule is CCSCCOC(=O)C(C)(C)c1ccc2c(c1)OCCO2. The first-order chi connectivity index (χ1) is 10.1. The van der Waals surface area contributed by atoms with Crippen LogP contribution in [-0.4, -0.2) is 37.3 Å². The van der Waals surface area contributed by atoms with Gasteiger partial charge in [0.2, 0.25) is 0 Å². The topological polar surface area (TPSA) is 44.8 Å². The molecule has 21 heavy (non-hydrogen) atoms. The molecule has 0 amide bonds. The molecule has 0 spiro atoms. The van der Waals surface area contributed by atoms with Crippen molar-refractivity contribution < 1.29 is 19.0 Å². The summed E-state index contributed by atoms with van der Waals surface area (Å²) in [6.45, 7) is 7.38. The normalized spacial score (nSPS) is 13.9. The lowest BCUT2D eigenvalue weighted by Crippen LogP contribution is -2.32. The van der Waals surface area contributed by atoms with Crippen LogP contribution in [0.15, 0.2) is 18.2 Å². The maximum atomic E-state index is 12.3. The van der Waals surface area contributed by atoms with E-state index in [1.807, 2.05) is 32.0 Å². The lowest BCUT2D eigenvalue weighted by molar-refractivity contribution is -0.148. The fourth-order valence-corrected chi connectivity index (χ4v) is 2.56. The van der Waals surface area contributed by atoms with E-state index < -0.39 is 5.41 Å². The van der Waals surface area contributed by atoms with Gasteiger partial charge in [-0.05, 0) is 37.3 Å². The van der Waals surface area contributed by atoms with Crippen LogP contribution in [0.3, 0.4) is 0 Å². The number of hydrogen-bond donors (Lipinski definition) is 0. The van der Waals surface area contributed by atoms with Gasteiger partial charge in [0, 0.05) is 5.75 Å². The predicted molar refractivity (Wildman–Crippen MR) is 84.4 cm³/mol. The lowest BCUT2D eigenvalue weighted by Gasteiger charge is -2.25. The second kappa shape index (κ2) is 7.07. The van der Waals surface area contributed by atoms with E-state index in [9.17, 15) is 4.79 Å². The third kappa shape index (κ3) is 3.84. The van der Waals surface area contributed by atoms with Crippen LogP contribution in [-0.2, 0) is 14.9 Å². The first kappa shape index (κ1) is 16.0. The van der Waals surface area contributed by atoms with Gasteiger partial charge in [-0.2, -0.15) is 11.8 Å². The second-order valence-corrected chi connectivity index (χ2v) is 6.71. The Morgan fingerprint density at radius 3 is 2.71 bits per heavy atom. The van der Waals surface area contributed by atoms with E-state index in [1.165, 1.54) is 0 Å². The van der Waals surface area contributed by atoms with Crippen molar-refractivity contribution in [3.63, 3.8) is 0 Å². The highest BCUT2D eigenvalue weighted by molar-refractivity contribution is 7.99. The molecule has 0 saturated carbocycles. The predicted octanol–water partition coefficient (Wildman–Crippen LogP) is 3.03. The molecule has 0 atom stereocenters. The molecule has 4 nitrogen and oxygen atoms in total. The van der Waals surface area contributed by atoms with Gasteiger partial charge in [-0.15, -0.1) is 0 Å². The van der Waals surface area contributed by atoms with E-state index in [0.717, 1.165) is 22.8 Å². The Kier molecular flexibility index (Phi) is 5.39. The number of ether oxygens (including phenoxy) is 3. The number of thioether (sulfide) groups is 1. The molecule has 0 bridgehead atoms. The van der Waals surface area contributed by atoms with Crippen LogP contribution in [0.25, 0.3) is 0 Å². The molecule has 1 aromatic carbocycles. The molecule has 1 aliphatic rings. The maximum Gasteiger partial charge on any atom is 0.316 e. The van der Waals surface area contributed by atoms with Crippen molar-refractivity contribution >= 4 is 17.7 Å². The molecule has 1 aromatic rings. The van der Waals surface area contributed by atoms with Crippen LogP contribution in [0.5, 0.6) is 11.5 Å². The monoisotopic (exact) mass is 310 g/mol. The summed E-state index contributed by atoms with van der Waals surface area (Å²) in [5.41, 5.74) is 0.173. The zero-order valence-electron chi connectivity index (χ0n) is 12.8. The average molecular weight is 310 g/mol. The first-order valence-corrected chi connectivity index (χ1v) is 8.36. The van der Waals surface area contributed by atoms with Gasteiger partial charge in [0.1, 0.15) is 19.8 Å². The number of carbonyl (C=O) groups is 1. The Bertz CT molecular complexity index is 499. The molecule has 0 N–H and O–H groups in total. The Hall–Kier alpha value is -1.36. The van der Waals surface area contributed by atoms with Gasteiger partial charge in [-0.1, -0.05) is 13.0 Å². The highest BCUT2D eigenvalue weighted by atomic mass is 32.2. The van der Waals surface area contributed by atoms with Crippen molar-refractivity contribution in [1.29, 1.82) is 0 Å². The summed E-state index contributed by atoms with van der Waals surface area (Å²) in [6.07, 6.45) is 0. The molecule has 0 fully saturated rings. The minimum Gasteiger partial charge on any atom is -0.486 e. The minimum absolute atomic E-state index is 0.212. The summed E-state index contributed by atoms with van der Waals surface area (Å²) >= 11 is 1.76. The van der Waals surface area contributed by atoms with Crippen molar-refractivity contribution in [2.45, 2.75) is 26.2 Å². The van der Waals surface area contributed by atoms with Crippen LogP contribution in [0.1, 0.15) is 26.3 Å². The molecule has 0 radical (unpaired) electrons. The smallest absolute Gasteiger partial charge is 0.316 e. The fourth-order valence-electron chi connectivity index (χ4n) is 2.07. The molecule has 0 unspecified atom stereocenters. The summed E-state index contributed by atoms with van der Waals surface area (Å²) in [5, 5.41) is 0. The van der Waals surface area contributed by atoms with Crippen molar-refractivity contribution in [3.05, 3.63) is 23.8 Å². The van der Waals surface area contributed by atoms with Crippen LogP contribution in [0.4, 0.5) is 0 Å². The Balaban J connectivity index is 2.05. The molecule has 2 rings (SSSR count). The van der Waals surface area contributed by atoms with Crippen molar-refractivity contribution in [2.24, 2.45) is 0 Å². The summed E-state index contributed by atoms with van der Waals surface area (Å²) in [7, 11) is 0. The zero-order valence-corrected chi connectivity index (χ0v) is 13.6. The van der Waals surface area contributed by atoms with Crippen molar-refractivity contribution in [2.75, 3.05) is 31.3 Å². The van der Waals surface area contributed by atoms with Crippen molar-refractivity contribution in [3.8, 4) is 11.5 Å². The maximum absolute atomic E-state index is 12.3. The number of rotatable bonds is 6. The third-order valence-corrected chi connectivity index (χ3v) is 4.30. The van der Waals surface area contributed by atoms with E-state index >= 15 is 0 Å². The summed E-state index contributed by atoms with van der Waals surface area (Å²) in [5.74, 6) is 3.08. The van der Waals surface area contributed by atoms with Crippen LogP contribution < -0.4 is 9.47 Å². The quantitative estimate of drug-likeness (QED) is 0.597. The molecule has 1 heterocycles. The van der Waals surface area contributed by atoms with Crippen LogP contribution in [0.2, 0.25) is 0 Å². The number of esters is 1. The first-order valence-electron chi connectivity index (χ1n) is 7.21. The fraction of sp³-hybridized carbons (Fsp3) is 0.562. The van der Waals surface area contributed by atoms with E-state index in [2.05, 4.69) is 6.92 Å². The molecule has 0 aliphatic carbocycles. The summed E-state index contributed by atoms with van der Waals surface area (Å²) in [6, 6.07) is 5.62. The molecule has 0 aromatic heterocycles.